The lowest BCUT2D eigenvalue weighted by Gasteiger charge is -2.12. The topological polar surface area (TPSA) is 78.4 Å². The Morgan fingerprint density at radius 3 is 2.56 bits per heavy atom. The maximum atomic E-state index is 10.9. The van der Waals surface area contributed by atoms with Crippen molar-refractivity contribution in [3.63, 3.8) is 0 Å². The average molecular weight is 266 g/mol. The van der Waals surface area contributed by atoms with Crippen molar-refractivity contribution in [3.05, 3.63) is 29.8 Å². The molecule has 0 aromatic heterocycles. The minimum Gasteiger partial charge on any atom is -0.480 e. The van der Waals surface area contributed by atoms with E-state index >= 15 is 0 Å². The summed E-state index contributed by atoms with van der Waals surface area (Å²) in [5.41, 5.74) is 1.75. The summed E-state index contributed by atoms with van der Waals surface area (Å²) in [6, 6.07) is 6.91. The number of benzene rings is 1. The van der Waals surface area contributed by atoms with Gasteiger partial charge in [0.1, 0.15) is 6.04 Å². The Morgan fingerprint density at radius 2 is 2.06 bits per heavy atom. The lowest BCUT2D eigenvalue weighted by Crippen LogP contribution is -2.33. The number of aliphatic carboxylic acids is 1. The Kier molecular flexibility index (Phi) is 3.88. The summed E-state index contributed by atoms with van der Waals surface area (Å²) in [7, 11) is 0. The molecule has 0 aliphatic carbocycles. The number of carbonyl (C=O) groups excluding carboxylic acids is 1. The molecule has 0 saturated carbocycles. The third kappa shape index (κ3) is 3.02. The number of nitrogens with one attached hydrogen (secondary N) is 2. The lowest BCUT2D eigenvalue weighted by atomic mass is 10.2. The van der Waals surface area contributed by atoms with Crippen molar-refractivity contribution in [1.82, 2.24) is 5.32 Å². The summed E-state index contributed by atoms with van der Waals surface area (Å²) in [5.74, 6) is -0.366. The first-order chi connectivity index (χ1) is 8.56. The van der Waals surface area contributed by atoms with Crippen LogP contribution in [0.15, 0.2) is 24.3 Å². The zero-order valence-corrected chi connectivity index (χ0v) is 10.7. The smallest absolute Gasteiger partial charge is 0.321 e. The molecule has 96 valence electrons. The van der Waals surface area contributed by atoms with Crippen LogP contribution in [0.25, 0.3) is 0 Å². The second kappa shape index (κ2) is 5.41. The summed E-state index contributed by atoms with van der Waals surface area (Å²) in [5, 5.41) is 14.6. The van der Waals surface area contributed by atoms with Gasteiger partial charge in [-0.1, -0.05) is 12.1 Å². The first-order valence-corrected chi connectivity index (χ1v) is 6.59. The van der Waals surface area contributed by atoms with Crippen molar-refractivity contribution < 1.29 is 14.7 Å². The third-order valence-electron chi connectivity index (χ3n) is 2.61. The summed E-state index contributed by atoms with van der Waals surface area (Å²) in [4.78, 5) is 21.7. The van der Waals surface area contributed by atoms with Crippen LogP contribution in [0.4, 0.5) is 5.69 Å². The van der Waals surface area contributed by atoms with Gasteiger partial charge in [-0.25, -0.2) is 0 Å². The molecule has 18 heavy (non-hydrogen) atoms. The van der Waals surface area contributed by atoms with Gasteiger partial charge in [-0.2, -0.15) is 0 Å². The molecule has 1 fully saturated rings. The minimum absolute atomic E-state index is 0.00234. The summed E-state index contributed by atoms with van der Waals surface area (Å²) < 4.78 is 0. The van der Waals surface area contributed by atoms with Crippen molar-refractivity contribution >= 4 is 29.3 Å². The molecule has 1 aromatic carbocycles. The van der Waals surface area contributed by atoms with E-state index in [1.165, 1.54) is 6.92 Å². The van der Waals surface area contributed by atoms with E-state index in [1.54, 1.807) is 11.8 Å². The largest absolute Gasteiger partial charge is 0.480 e. The monoisotopic (exact) mass is 266 g/mol. The van der Waals surface area contributed by atoms with E-state index in [4.69, 9.17) is 5.11 Å². The molecule has 5 nitrogen and oxygen atoms in total. The highest BCUT2D eigenvalue weighted by molar-refractivity contribution is 7.99. The fourth-order valence-electron chi connectivity index (χ4n) is 1.75. The number of carboxylic acid groups (broad SMARTS) is 1. The van der Waals surface area contributed by atoms with Gasteiger partial charge >= 0.3 is 5.97 Å². The predicted molar refractivity (Wildman–Crippen MR) is 70.5 cm³/mol. The zero-order valence-electron chi connectivity index (χ0n) is 9.84. The maximum absolute atomic E-state index is 10.9. The van der Waals surface area contributed by atoms with Crippen LogP contribution in [-0.2, 0) is 9.59 Å². The number of amides is 1. The van der Waals surface area contributed by atoms with Crippen LogP contribution < -0.4 is 10.6 Å². The van der Waals surface area contributed by atoms with Crippen molar-refractivity contribution in [3.8, 4) is 0 Å². The molecule has 1 heterocycles. The fourth-order valence-corrected chi connectivity index (χ4v) is 2.98. The standard InChI is InChI=1S/C12H14N2O3S/c1-7(15)13-9-4-2-8(3-5-9)11-14-10(6-18-11)12(16)17/h2-5,10-11,14H,6H2,1H3,(H,13,15)(H,16,17)/t10-,11+/m0/s1. The van der Waals surface area contributed by atoms with Gasteiger partial charge < -0.3 is 10.4 Å². The molecule has 1 saturated heterocycles. The Labute approximate surface area is 109 Å². The Hall–Kier alpha value is -1.53. The number of carboxylic acids is 1. The van der Waals surface area contributed by atoms with Crippen LogP contribution in [0.3, 0.4) is 0 Å². The molecule has 2 rings (SSSR count). The number of carbonyl (C=O) groups is 2. The first-order valence-electron chi connectivity index (χ1n) is 5.54. The van der Waals surface area contributed by atoms with E-state index in [2.05, 4.69) is 10.6 Å². The van der Waals surface area contributed by atoms with Crippen molar-refractivity contribution in [1.29, 1.82) is 0 Å². The van der Waals surface area contributed by atoms with Crippen LogP contribution in [0.1, 0.15) is 17.9 Å². The number of thioether (sulfide) groups is 1. The van der Waals surface area contributed by atoms with Crippen LogP contribution in [0.5, 0.6) is 0 Å². The molecular formula is C12H14N2O3S. The van der Waals surface area contributed by atoms with Gasteiger partial charge in [0.05, 0.1) is 5.37 Å². The maximum Gasteiger partial charge on any atom is 0.321 e. The van der Waals surface area contributed by atoms with E-state index in [0.717, 1.165) is 11.3 Å². The van der Waals surface area contributed by atoms with E-state index in [0.29, 0.717) is 5.75 Å². The summed E-state index contributed by atoms with van der Waals surface area (Å²) in [6.45, 7) is 1.46. The van der Waals surface area contributed by atoms with E-state index in [9.17, 15) is 9.59 Å². The number of hydrogen-bond acceptors (Lipinski definition) is 4. The molecule has 1 aliphatic rings. The van der Waals surface area contributed by atoms with Crippen LogP contribution in [0, 0.1) is 0 Å². The van der Waals surface area contributed by atoms with Gasteiger partial charge in [-0.15, -0.1) is 11.8 Å². The molecule has 1 aliphatic heterocycles. The quantitative estimate of drug-likeness (QED) is 0.771. The van der Waals surface area contributed by atoms with Gasteiger partial charge in [0, 0.05) is 18.4 Å². The average Bonchev–Trinajstić information content (AvgIpc) is 2.78. The van der Waals surface area contributed by atoms with Gasteiger partial charge in [0.2, 0.25) is 5.91 Å². The molecule has 3 N–H and O–H groups in total. The van der Waals surface area contributed by atoms with E-state index < -0.39 is 12.0 Å². The Bertz CT molecular complexity index is 461. The molecule has 0 unspecified atom stereocenters. The molecule has 0 bridgehead atoms. The number of rotatable bonds is 3. The van der Waals surface area contributed by atoms with Crippen molar-refractivity contribution in [2.24, 2.45) is 0 Å². The Balaban J connectivity index is 2.02. The molecular weight excluding hydrogens is 252 g/mol. The van der Waals surface area contributed by atoms with Crippen molar-refractivity contribution in [2.45, 2.75) is 18.3 Å². The Morgan fingerprint density at radius 1 is 1.39 bits per heavy atom. The van der Waals surface area contributed by atoms with Crippen LogP contribution in [-0.4, -0.2) is 28.8 Å². The minimum atomic E-state index is -0.820. The lowest BCUT2D eigenvalue weighted by molar-refractivity contribution is -0.138. The number of hydrogen-bond donors (Lipinski definition) is 3. The van der Waals surface area contributed by atoms with Crippen LogP contribution >= 0.6 is 11.8 Å². The highest BCUT2D eigenvalue weighted by atomic mass is 32.2. The fraction of sp³-hybridized carbons (Fsp3) is 0.333. The molecule has 6 heteroatoms. The van der Waals surface area contributed by atoms with Crippen molar-refractivity contribution in [2.75, 3.05) is 11.1 Å². The van der Waals surface area contributed by atoms with Crippen LogP contribution in [0.2, 0.25) is 0 Å². The van der Waals surface area contributed by atoms with E-state index in [1.807, 2.05) is 24.3 Å². The van der Waals surface area contributed by atoms with E-state index in [-0.39, 0.29) is 11.3 Å². The first kappa shape index (κ1) is 12.9. The third-order valence-corrected chi connectivity index (χ3v) is 3.88. The van der Waals surface area contributed by atoms with Gasteiger partial charge in [0.15, 0.2) is 0 Å². The predicted octanol–water partition coefficient (Wildman–Crippen LogP) is 1.43. The highest BCUT2D eigenvalue weighted by Crippen LogP contribution is 2.33. The molecule has 1 aromatic rings. The second-order valence-electron chi connectivity index (χ2n) is 4.07. The SMILES string of the molecule is CC(=O)Nc1ccc([C@@H]2N[C@H](C(=O)O)CS2)cc1. The normalized spacial score (nSPS) is 22.7. The number of anilines is 1. The zero-order chi connectivity index (χ0) is 13.1. The molecule has 0 radical (unpaired) electrons. The highest BCUT2D eigenvalue weighted by Gasteiger charge is 2.30. The van der Waals surface area contributed by atoms with Gasteiger partial charge in [0.25, 0.3) is 0 Å². The second-order valence-corrected chi connectivity index (χ2v) is 5.21. The van der Waals surface area contributed by atoms with Gasteiger partial charge in [-0.3, -0.25) is 14.9 Å². The molecule has 1 amide bonds. The summed E-state index contributed by atoms with van der Waals surface area (Å²) >= 11 is 1.57. The summed E-state index contributed by atoms with van der Waals surface area (Å²) in [6.07, 6.45) is 0. The molecule has 0 spiro atoms. The molecule has 2 atom stereocenters. The van der Waals surface area contributed by atoms with Gasteiger partial charge in [-0.05, 0) is 17.7 Å².